The van der Waals surface area contributed by atoms with Gasteiger partial charge in [0.25, 0.3) is 10.0 Å². The molecule has 1 saturated carbocycles. The van der Waals surface area contributed by atoms with E-state index in [9.17, 15) is 22.0 Å². The molecule has 1 N–H and O–H groups in total. The lowest BCUT2D eigenvalue weighted by Crippen LogP contribution is -2.36. The van der Waals surface area contributed by atoms with E-state index in [2.05, 4.69) is 4.72 Å². The molecule has 0 spiro atoms. The summed E-state index contributed by atoms with van der Waals surface area (Å²) in [5.41, 5.74) is 0.0822. The molecule has 142 valence electrons. The summed E-state index contributed by atoms with van der Waals surface area (Å²) in [5, 5.41) is 0. The van der Waals surface area contributed by atoms with Gasteiger partial charge < -0.3 is 4.90 Å². The molecule has 0 aromatic heterocycles. The van der Waals surface area contributed by atoms with Gasteiger partial charge in [-0.15, -0.1) is 11.8 Å². The molecule has 0 saturated heterocycles. The fraction of sp³-hybridized carbons (Fsp3) is 0.278. The molecule has 2 aliphatic rings. The second kappa shape index (κ2) is 6.79. The van der Waals surface area contributed by atoms with Gasteiger partial charge in [-0.2, -0.15) is 0 Å². The number of anilines is 2. The van der Waals surface area contributed by atoms with Crippen LogP contribution in [0.1, 0.15) is 12.8 Å². The zero-order valence-electron chi connectivity index (χ0n) is 14.1. The number of nitrogens with one attached hydrogen (secondary N) is 1. The Morgan fingerprint density at radius 2 is 1.93 bits per heavy atom. The highest BCUT2D eigenvalue weighted by molar-refractivity contribution is 7.99. The molecule has 0 radical (unpaired) electrons. The first-order chi connectivity index (χ1) is 12.8. The number of carbonyl (C=O) groups is 1. The summed E-state index contributed by atoms with van der Waals surface area (Å²) in [7, 11) is -4.14. The van der Waals surface area contributed by atoms with E-state index >= 15 is 0 Å². The van der Waals surface area contributed by atoms with Crippen LogP contribution < -0.4 is 9.62 Å². The minimum absolute atomic E-state index is 0.00947. The Bertz CT molecular complexity index is 1020. The van der Waals surface area contributed by atoms with Crippen molar-refractivity contribution in [1.29, 1.82) is 0 Å². The molecule has 9 heteroatoms. The van der Waals surface area contributed by atoms with Crippen molar-refractivity contribution >= 4 is 39.1 Å². The third kappa shape index (κ3) is 3.66. The number of halogens is 2. The summed E-state index contributed by atoms with van der Waals surface area (Å²) in [4.78, 5) is 14.9. The zero-order chi connectivity index (χ0) is 19.2. The normalized spacial score (nSPS) is 16.7. The summed E-state index contributed by atoms with van der Waals surface area (Å²) in [6, 6.07) is 7.00. The van der Waals surface area contributed by atoms with Crippen LogP contribution in [0, 0.1) is 17.6 Å². The molecule has 0 unspecified atom stereocenters. The number of hydrogen-bond donors (Lipinski definition) is 1. The van der Waals surface area contributed by atoms with Gasteiger partial charge in [0, 0.05) is 29.2 Å². The first-order valence-corrected chi connectivity index (χ1v) is 10.9. The summed E-state index contributed by atoms with van der Waals surface area (Å²) in [6.07, 6.45) is 1.71. The van der Waals surface area contributed by atoms with E-state index in [1.54, 1.807) is 22.7 Å². The van der Waals surface area contributed by atoms with E-state index in [-0.39, 0.29) is 16.7 Å². The summed E-state index contributed by atoms with van der Waals surface area (Å²) < 4.78 is 54.5. The van der Waals surface area contributed by atoms with E-state index in [4.69, 9.17) is 0 Å². The molecule has 1 aliphatic carbocycles. The maximum absolute atomic E-state index is 13.8. The van der Waals surface area contributed by atoms with Crippen molar-refractivity contribution in [2.45, 2.75) is 22.6 Å². The van der Waals surface area contributed by atoms with E-state index < -0.39 is 27.3 Å². The Morgan fingerprint density at radius 3 is 2.67 bits per heavy atom. The molecule has 0 bridgehead atoms. The SMILES string of the molecule is O=C(C1CC1)N1CCSc2ccc(S(=O)(=O)Nc3cc(F)ccc3F)cc21. The van der Waals surface area contributed by atoms with Crippen LogP contribution >= 0.6 is 11.8 Å². The van der Waals surface area contributed by atoms with E-state index in [1.807, 2.05) is 0 Å². The minimum atomic E-state index is -4.14. The van der Waals surface area contributed by atoms with E-state index in [0.717, 1.165) is 41.7 Å². The number of hydrogen-bond acceptors (Lipinski definition) is 4. The molecule has 4 rings (SSSR count). The highest BCUT2D eigenvalue weighted by atomic mass is 32.2. The van der Waals surface area contributed by atoms with Gasteiger partial charge >= 0.3 is 0 Å². The lowest BCUT2D eigenvalue weighted by molar-refractivity contribution is -0.119. The van der Waals surface area contributed by atoms with Gasteiger partial charge in [-0.3, -0.25) is 9.52 Å². The first kappa shape index (κ1) is 18.2. The van der Waals surface area contributed by atoms with Gasteiger partial charge in [0.05, 0.1) is 16.3 Å². The van der Waals surface area contributed by atoms with Gasteiger partial charge in [-0.05, 0) is 43.2 Å². The Hall–Kier alpha value is -2.13. The predicted octanol–water partition coefficient (Wildman–Crippen LogP) is 3.61. The second-order valence-electron chi connectivity index (χ2n) is 6.47. The molecule has 1 aliphatic heterocycles. The van der Waals surface area contributed by atoms with Gasteiger partial charge in [-0.25, -0.2) is 17.2 Å². The number of rotatable bonds is 4. The molecule has 2 aromatic rings. The van der Waals surface area contributed by atoms with Crippen molar-refractivity contribution in [1.82, 2.24) is 0 Å². The number of carbonyl (C=O) groups excluding carboxylic acids is 1. The van der Waals surface area contributed by atoms with E-state index in [1.165, 1.54) is 12.1 Å². The van der Waals surface area contributed by atoms with Gasteiger partial charge in [0.15, 0.2) is 0 Å². The molecule has 1 amide bonds. The fourth-order valence-corrected chi connectivity index (χ4v) is 4.98. The Morgan fingerprint density at radius 1 is 1.15 bits per heavy atom. The molecule has 27 heavy (non-hydrogen) atoms. The highest BCUT2D eigenvalue weighted by Gasteiger charge is 2.36. The first-order valence-electron chi connectivity index (χ1n) is 8.41. The number of thioether (sulfide) groups is 1. The van der Waals surface area contributed by atoms with Crippen molar-refractivity contribution in [3.05, 3.63) is 48.0 Å². The molecule has 5 nitrogen and oxygen atoms in total. The highest BCUT2D eigenvalue weighted by Crippen LogP contribution is 2.40. The van der Waals surface area contributed by atoms with Crippen LogP contribution in [0.5, 0.6) is 0 Å². The monoisotopic (exact) mass is 410 g/mol. The maximum atomic E-state index is 13.8. The predicted molar refractivity (Wildman–Crippen MR) is 99.4 cm³/mol. The number of amides is 1. The van der Waals surface area contributed by atoms with Crippen LogP contribution in [0.25, 0.3) is 0 Å². The average molecular weight is 410 g/mol. The number of sulfonamides is 1. The molecule has 1 heterocycles. The molecule has 1 fully saturated rings. The lowest BCUT2D eigenvalue weighted by Gasteiger charge is -2.29. The van der Waals surface area contributed by atoms with Crippen LogP contribution in [-0.4, -0.2) is 26.6 Å². The lowest BCUT2D eigenvalue weighted by atomic mass is 10.2. The number of nitrogens with zero attached hydrogens (tertiary/aromatic N) is 1. The standard InChI is InChI=1S/C18H16F2N2O3S2/c19-12-3-5-14(20)15(9-12)21-27(24,25)13-4-6-17-16(10-13)22(7-8-26-17)18(23)11-1-2-11/h3-6,9-11,21H,1-2,7-8H2. The summed E-state index contributed by atoms with van der Waals surface area (Å²) >= 11 is 1.55. The summed E-state index contributed by atoms with van der Waals surface area (Å²) in [5.74, 6) is -0.864. The third-order valence-electron chi connectivity index (χ3n) is 4.47. The molecular weight excluding hydrogens is 394 g/mol. The topological polar surface area (TPSA) is 66.5 Å². The Kier molecular flexibility index (Phi) is 4.59. The third-order valence-corrected chi connectivity index (χ3v) is 6.88. The molecule has 2 aromatic carbocycles. The minimum Gasteiger partial charge on any atom is -0.310 e. The van der Waals surface area contributed by atoms with E-state index in [0.29, 0.717) is 12.2 Å². The fourth-order valence-electron chi connectivity index (χ4n) is 2.92. The van der Waals surface area contributed by atoms with Gasteiger partial charge in [0.1, 0.15) is 11.6 Å². The van der Waals surface area contributed by atoms with Crippen LogP contribution in [0.4, 0.5) is 20.2 Å². The number of benzene rings is 2. The zero-order valence-corrected chi connectivity index (χ0v) is 15.7. The smallest absolute Gasteiger partial charge is 0.262 e. The molecular formula is C18H16F2N2O3S2. The second-order valence-corrected chi connectivity index (χ2v) is 9.29. The maximum Gasteiger partial charge on any atom is 0.262 e. The van der Waals surface area contributed by atoms with Crippen LogP contribution in [-0.2, 0) is 14.8 Å². The Balaban J connectivity index is 1.68. The van der Waals surface area contributed by atoms with Crippen molar-refractivity contribution in [3.8, 4) is 0 Å². The largest absolute Gasteiger partial charge is 0.310 e. The van der Waals surface area contributed by atoms with Gasteiger partial charge in [0.2, 0.25) is 5.91 Å². The van der Waals surface area contributed by atoms with Crippen LogP contribution in [0.3, 0.4) is 0 Å². The Labute approximate surface area is 159 Å². The van der Waals surface area contributed by atoms with Gasteiger partial charge in [-0.1, -0.05) is 0 Å². The van der Waals surface area contributed by atoms with Crippen molar-refractivity contribution in [2.75, 3.05) is 21.9 Å². The van der Waals surface area contributed by atoms with Crippen molar-refractivity contribution < 1.29 is 22.0 Å². The van der Waals surface area contributed by atoms with Crippen LogP contribution in [0.2, 0.25) is 0 Å². The van der Waals surface area contributed by atoms with Crippen LogP contribution in [0.15, 0.2) is 46.2 Å². The quantitative estimate of drug-likeness (QED) is 0.836. The summed E-state index contributed by atoms with van der Waals surface area (Å²) in [6.45, 7) is 0.516. The van der Waals surface area contributed by atoms with Crippen molar-refractivity contribution in [2.24, 2.45) is 5.92 Å². The molecule has 0 atom stereocenters. The average Bonchev–Trinajstić information content (AvgIpc) is 3.48. The number of fused-ring (bicyclic) bond motifs is 1. The van der Waals surface area contributed by atoms with Crippen molar-refractivity contribution in [3.63, 3.8) is 0 Å².